The number of carbonyl (C=O) groups is 1. The van der Waals surface area contributed by atoms with E-state index in [1.54, 1.807) is 6.92 Å². The van der Waals surface area contributed by atoms with E-state index in [1.165, 1.54) is 6.20 Å². The fourth-order valence-electron chi connectivity index (χ4n) is 3.36. The summed E-state index contributed by atoms with van der Waals surface area (Å²) in [6.45, 7) is 6.00. The number of terminal acetylenes is 1. The van der Waals surface area contributed by atoms with Gasteiger partial charge in [-0.25, -0.2) is 9.59 Å². The lowest BCUT2D eigenvalue weighted by molar-refractivity contribution is -0.0350. The second-order valence-corrected chi connectivity index (χ2v) is 7.22. The highest BCUT2D eigenvalue weighted by Gasteiger charge is 2.42. The zero-order chi connectivity index (χ0) is 21.6. The van der Waals surface area contributed by atoms with Gasteiger partial charge in [0.1, 0.15) is 12.2 Å². The summed E-state index contributed by atoms with van der Waals surface area (Å²) in [5.41, 5.74) is -0.676. The van der Waals surface area contributed by atoms with E-state index in [2.05, 4.69) is 30.1 Å². The number of rotatable bonds is 8. The summed E-state index contributed by atoms with van der Waals surface area (Å²) in [4.78, 5) is 28.3. The summed E-state index contributed by atoms with van der Waals surface area (Å²) in [5.74, 6) is 2.51. The predicted octanol–water partition coefficient (Wildman–Crippen LogP) is 1.63. The second-order valence-electron chi connectivity index (χ2n) is 7.22. The number of aliphatic hydroxyl groups excluding tert-OH is 2. The molecule has 2 rings (SSSR count). The molecule has 1 aliphatic rings. The molecule has 160 valence electrons. The molecule has 1 fully saturated rings. The molecular weight excluding hydrogens is 378 g/mol. The number of ether oxygens (including phenoxy) is 2. The first-order valence-electron chi connectivity index (χ1n) is 9.87. The van der Waals surface area contributed by atoms with Crippen molar-refractivity contribution in [3.63, 3.8) is 0 Å². The molecule has 0 aromatic carbocycles. The normalized spacial score (nSPS) is 23.8. The molecule has 1 aromatic rings. The van der Waals surface area contributed by atoms with Crippen LogP contribution < -0.4 is 11.0 Å². The number of nitrogens with one attached hydrogen (secondary N) is 1. The van der Waals surface area contributed by atoms with Gasteiger partial charge in [-0.05, 0) is 25.7 Å². The Morgan fingerprint density at radius 1 is 1.38 bits per heavy atom. The van der Waals surface area contributed by atoms with Crippen molar-refractivity contribution in [1.82, 2.24) is 9.55 Å². The lowest BCUT2D eigenvalue weighted by Crippen LogP contribution is -2.36. The first-order valence-corrected chi connectivity index (χ1v) is 9.87. The van der Waals surface area contributed by atoms with Gasteiger partial charge in [0.15, 0.2) is 12.0 Å². The molecule has 3 N–H and O–H groups in total. The van der Waals surface area contributed by atoms with Gasteiger partial charge in [0.2, 0.25) is 0 Å². The van der Waals surface area contributed by atoms with Gasteiger partial charge in [-0.3, -0.25) is 9.88 Å². The van der Waals surface area contributed by atoms with Crippen molar-refractivity contribution in [3.05, 3.63) is 22.2 Å². The molecule has 2 heterocycles. The van der Waals surface area contributed by atoms with E-state index in [1.807, 2.05) is 0 Å². The third-order valence-corrected chi connectivity index (χ3v) is 4.92. The highest BCUT2D eigenvalue weighted by molar-refractivity contribution is 5.84. The Balaban J connectivity index is 2.12. The van der Waals surface area contributed by atoms with Crippen molar-refractivity contribution in [2.75, 3.05) is 11.9 Å². The zero-order valence-corrected chi connectivity index (χ0v) is 17.0. The van der Waals surface area contributed by atoms with Gasteiger partial charge in [0, 0.05) is 6.20 Å². The monoisotopic (exact) mass is 407 g/mol. The maximum atomic E-state index is 12.4. The quantitative estimate of drug-likeness (QED) is 0.560. The number of nitrogens with zero attached hydrogens (tertiary/aromatic N) is 2. The molecule has 1 aliphatic heterocycles. The van der Waals surface area contributed by atoms with E-state index < -0.39 is 36.3 Å². The zero-order valence-electron chi connectivity index (χ0n) is 17.0. The smallest absolute Gasteiger partial charge is 0.412 e. The van der Waals surface area contributed by atoms with Crippen molar-refractivity contribution >= 4 is 11.9 Å². The maximum absolute atomic E-state index is 12.4. The third kappa shape index (κ3) is 5.56. The number of aliphatic hydroxyl groups is 2. The fraction of sp³-hybridized carbons (Fsp3) is 0.650. The van der Waals surface area contributed by atoms with Crippen LogP contribution in [0, 0.1) is 18.3 Å². The minimum absolute atomic E-state index is 0.109. The molecular formula is C20H29N3O6. The van der Waals surface area contributed by atoms with Crippen LogP contribution in [0.4, 0.5) is 10.6 Å². The van der Waals surface area contributed by atoms with Crippen LogP contribution in [0.1, 0.15) is 58.2 Å². The largest absolute Gasteiger partial charge is 0.449 e. The number of aromatic nitrogens is 2. The molecule has 0 spiro atoms. The molecule has 0 bridgehead atoms. The Morgan fingerprint density at radius 3 is 2.55 bits per heavy atom. The Hall–Kier alpha value is -2.41. The molecule has 2 unspecified atom stereocenters. The minimum atomic E-state index is -1.31. The number of carbonyl (C=O) groups excluding carboxylic acids is 1. The summed E-state index contributed by atoms with van der Waals surface area (Å²) < 4.78 is 11.7. The third-order valence-electron chi connectivity index (χ3n) is 4.92. The van der Waals surface area contributed by atoms with E-state index in [0.717, 1.165) is 30.3 Å². The van der Waals surface area contributed by atoms with Crippen LogP contribution in [0.2, 0.25) is 0 Å². The van der Waals surface area contributed by atoms with Crippen LogP contribution in [0.5, 0.6) is 0 Å². The minimum Gasteiger partial charge on any atom is -0.449 e. The molecule has 1 amide bonds. The number of hydrogen-bond acceptors (Lipinski definition) is 7. The number of hydrogen-bond donors (Lipinski definition) is 3. The van der Waals surface area contributed by atoms with Crippen LogP contribution in [-0.2, 0) is 9.47 Å². The van der Waals surface area contributed by atoms with Gasteiger partial charge in [-0.1, -0.05) is 32.6 Å². The second kappa shape index (κ2) is 10.4. The van der Waals surface area contributed by atoms with Gasteiger partial charge < -0.3 is 19.7 Å². The summed E-state index contributed by atoms with van der Waals surface area (Å²) in [6, 6.07) is 0. The van der Waals surface area contributed by atoms with Crippen LogP contribution >= 0.6 is 0 Å². The van der Waals surface area contributed by atoms with E-state index >= 15 is 0 Å². The van der Waals surface area contributed by atoms with Crippen molar-refractivity contribution in [2.24, 2.45) is 5.92 Å². The number of anilines is 1. The van der Waals surface area contributed by atoms with Crippen molar-refractivity contribution in [3.8, 4) is 12.3 Å². The molecule has 1 aromatic heterocycles. The van der Waals surface area contributed by atoms with Crippen molar-refractivity contribution in [2.45, 2.75) is 71.0 Å². The van der Waals surface area contributed by atoms with Gasteiger partial charge in [0.25, 0.3) is 0 Å². The van der Waals surface area contributed by atoms with Gasteiger partial charge in [0.05, 0.1) is 18.3 Å². The standard InChI is InChI=1S/C20H29N3O6/c1-5-8-13(9-6-2)11-28-20(27)22-17-14(7-3)10-23(19(26)21-17)18-16(25)15(24)12(4)29-18/h3,10,12-13,15-16,18,24-25H,5-6,8-9,11H2,1-2,4H3,(H,21,22,26,27)/t12-,15?,16?,18-/m1/s1. The Morgan fingerprint density at radius 2 is 2.03 bits per heavy atom. The highest BCUT2D eigenvalue weighted by atomic mass is 16.6. The first kappa shape index (κ1) is 22.9. The van der Waals surface area contributed by atoms with Crippen LogP contribution in [0.25, 0.3) is 0 Å². The summed E-state index contributed by atoms with van der Waals surface area (Å²) >= 11 is 0. The maximum Gasteiger partial charge on any atom is 0.412 e. The molecule has 9 nitrogen and oxygen atoms in total. The first-order chi connectivity index (χ1) is 13.8. The summed E-state index contributed by atoms with van der Waals surface area (Å²) in [6.07, 6.45) is 5.65. The van der Waals surface area contributed by atoms with Crippen LogP contribution in [-0.4, -0.2) is 50.8 Å². The topological polar surface area (TPSA) is 123 Å². The Bertz CT molecular complexity index is 796. The molecule has 9 heteroatoms. The Labute approximate surface area is 170 Å². The number of amides is 1. The van der Waals surface area contributed by atoms with Gasteiger partial charge in [-0.15, -0.1) is 6.42 Å². The predicted molar refractivity (Wildman–Crippen MR) is 106 cm³/mol. The summed E-state index contributed by atoms with van der Waals surface area (Å²) in [5, 5.41) is 22.3. The van der Waals surface area contributed by atoms with Crippen molar-refractivity contribution < 1.29 is 24.5 Å². The van der Waals surface area contributed by atoms with E-state index in [4.69, 9.17) is 15.9 Å². The molecule has 1 saturated heterocycles. The van der Waals surface area contributed by atoms with E-state index in [0.29, 0.717) is 0 Å². The molecule has 0 radical (unpaired) electrons. The SMILES string of the molecule is C#Cc1cn([C@@H]2O[C@H](C)C(O)C2O)c(=O)nc1NC(=O)OCC(CCC)CCC. The average Bonchev–Trinajstić information content (AvgIpc) is 2.94. The lowest BCUT2D eigenvalue weighted by atomic mass is 10.00. The molecule has 0 saturated carbocycles. The van der Waals surface area contributed by atoms with Crippen LogP contribution in [0.3, 0.4) is 0 Å². The Kier molecular flexibility index (Phi) is 8.20. The van der Waals surface area contributed by atoms with E-state index in [-0.39, 0.29) is 23.9 Å². The molecule has 0 aliphatic carbocycles. The van der Waals surface area contributed by atoms with E-state index in [9.17, 15) is 19.8 Å². The highest BCUT2D eigenvalue weighted by Crippen LogP contribution is 2.28. The van der Waals surface area contributed by atoms with Crippen molar-refractivity contribution in [1.29, 1.82) is 0 Å². The average molecular weight is 407 g/mol. The molecule has 29 heavy (non-hydrogen) atoms. The van der Waals surface area contributed by atoms with Gasteiger partial charge in [-0.2, -0.15) is 4.98 Å². The molecule has 4 atom stereocenters. The fourth-order valence-corrected chi connectivity index (χ4v) is 3.36. The van der Waals surface area contributed by atoms with Gasteiger partial charge >= 0.3 is 11.8 Å². The summed E-state index contributed by atoms with van der Waals surface area (Å²) in [7, 11) is 0. The van der Waals surface area contributed by atoms with Crippen LogP contribution in [0.15, 0.2) is 11.0 Å². The lowest BCUT2D eigenvalue weighted by Gasteiger charge is -2.19.